The van der Waals surface area contributed by atoms with Crippen LogP contribution in [0.25, 0.3) is 0 Å². The van der Waals surface area contributed by atoms with Gasteiger partial charge in [-0.1, -0.05) is 30.7 Å². The molecule has 0 aliphatic carbocycles. The van der Waals surface area contributed by atoms with E-state index in [9.17, 15) is 0 Å². The van der Waals surface area contributed by atoms with Crippen molar-refractivity contribution < 1.29 is 4.74 Å². The van der Waals surface area contributed by atoms with Crippen LogP contribution in [0.3, 0.4) is 0 Å². The Bertz CT molecular complexity index is 722. The summed E-state index contributed by atoms with van der Waals surface area (Å²) in [6.45, 7) is 8.97. The third-order valence-corrected chi connectivity index (χ3v) is 5.86. The molecule has 0 radical (unpaired) electrons. The summed E-state index contributed by atoms with van der Waals surface area (Å²) in [4.78, 5) is 4.96. The van der Waals surface area contributed by atoms with Crippen molar-refractivity contribution >= 4 is 11.6 Å². The number of aromatic nitrogens is 4. The fourth-order valence-electron chi connectivity index (χ4n) is 4.02. The van der Waals surface area contributed by atoms with E-state index in [4.69, 9.17) is 16.3 Å². The largest absolute Gasteiger partial charge is 0.376 e. The molecule has 4 rings (SSSR count). The average molecular weight is 391 g/mol. The molecule has 2 aliphatic heterocycles. The maximum absolute atomic E-state index is 6.13. The number of ether oxygens (including phenoxy) is 1. The lowest BCUT2D eigenvalue weighted by Gasteiger charge is -2.38. The molecule has 2 fully saturated rings. The zero-order valence-electron chi connectivity index (χ0n) is 15.8. The number of likely N-dealkylation sites (N-methyl/N-ethyl adjacent to an activating group) is 1. The van der Waals surface area contributed by atoms with Gasteiger partial charge in [-0.05, 0) is 47.5 Å². The molecule has 2 aromatic rings. The quantitative estimate of drug-likeness (QED) is 0.753. The first-order chi connectivity index (χ1) is 13.2. The van der Waals surface area contributed by atoms with Gasteiger partial charge >= 0.3 is 0 Å². The van der Waals surface area contributed by atoms with E-state index in [1.807, 2.05) is 16.8 Å². The lowest BCUT2D eigenvalue weighted by molar-refractivity contribution is 0.0861. The maximum atomic E-state index is 6.13. The van der Waals surface area contributed by atoms with Gasteiger partial charge in [0, 0.05) is 37.8 Å². The highest BCUT2D eigenvalue weighted by molar-refractivity contribution is 6.30. The molecule has 7 nitrogen and oxygen atoms in total. The lowest BCUT2D eigenvalue weighted by Crippen LogP contribution is -2.48. The average Bonchev–Trinajstić information content (AvgIpc) is 3.37. The van der Waals surface area contributed by atoms with Crippen LogP contribution < -0.4 is 0 Å². The normalized spacial score (nSPS) is 23.0. The molecule has 2 aliphatic rings. The van der Waals surface area contributed by atoms with Gasteiger partial charge in [-0.3, -0.25) is 4.90 Å². The fourth-order valence-corrected chi connectivity index (χ4v) is 4.15. The summed E-state index contributed by atoms with van der Waals surface area (Å²) >= 11 is 6.13. The molecule has 3 heterocycles. The molecular weight excluding hydrogens is 364 g/mol. The van der Waals surface area contributed by atoms with Crippen LogP contribution in [0, 0.1) is 0 Å². The zero-order valence-corrected chi connectivity index (χ0v) is 16.6. The minimum atomic E-state index is 0.0256. The zero-order chi connectivity index (χ0) is 18.6. The molecule has 2 saturated heterocycles. The number of tetrazole rings is 1. The van der Waals surface area contributed by atoms with Gasteiger partial charge in [0.1, 0.15) is 0 Å². The highest BCUT2D eigenvalue weighted by Gasteiger charge is 2.31. The van der Waals surface area contributed by atoms with Crippen molar-refractivity contribution in [3.63, 3.8) is 0 Å². The Morgan fingerprint density at radius 1 is 1.19 bits per heavy atom. The Kier molecular flexibility index (Phi) is 6.02. The van der Waals surface area contributed by atoms with Crippen LogP contribution in [0.15, 0.2) is 24.3 Å². The molecule has 0 bridgehead atoms. The van der Waals surface area contributed by atoms with Crippen LogP contribution in [0.4, 0.5) is 0 Å². The molecule has 1 aromatic heterocycles. The summed E-state index contributed by atoms with van der Waals surface area (Å²) in [6.07, 6.45) is 2.39. The van der Waals surface area contributed by atoms with Crippen LogP contribution in [0.5, 0.6) is 0 Å². The van der Waals surface area contributed by atoms with Crippen LogP contribution in [0.2, 0.25) is 5.02 Å². The Morgan fingerprint density at radius 3 is 2.63 bits per heavy atom. The van der Waals surface area contributed by atoms with Crippen LogP contribution in [-0.2, 0) is 11.3 Å². The maximum Gasteiger partial charge on any atom is 0.173 e. The van der Waals surface area contributed by atoms with Gasteiger partial charge in [0.2, 0.25) is 0 Å². The predicted molar refractivity (Wildman–Crippen MR) is 104 cm³/mol. The summed E-state index contributed by atoms with van der Waals surface area (Å²) in [6, 6.07) is 8.09. The van der Waals surface area contributed by atoms with E-state index in [1.165, 1.54) is 5.56 Å². The monoisotopic (exact) mass is 390 g/mol. The summed E-state index contributed by atoms with van der Waals surface area (Å²) in [5.41, 5.74) is 1.17. The summed E-state index contributed by atoms with van der Waals surface area (Å²) in [7, 11) is 0. The second kappa shape index (κ2) is 8.65. The highest BCUT2D eigenvalue weighted by atomic mass is 35.5. The third-order valence-electron chi connectivity index (χ3n) is 5.61. The topological polar surface area (TPSA) is 59.3 Å². The molecule has 2 atom stereocenters. The van der Waals surface area contributed by atoms with Crippen molar-refractivity contribution in [1.29, 1.82) is 0 Å². The number of rotatable bonds is 6. The van der Waals surface area contributed by atoms with Gasteiger partial charge in [-0.15, -0.1) is 5.10 Å². The fraction of sp³-hybridized carbons (Fsp3) is 0.632. The van der Waals surface area contributed by atoms with E-state index < -0.39 is 0 Å². The SMILES string of the molecule is CCN1CCN([C@@H](c2ccc(Cl)cc2)c2nnnn2C[C@H]2CCCO2)CC1. The number of hydrogen-bond acceptors (Lipinski definition) is 6. The van der Waals surface area contributed by atoms with E-state index in [-0.39, 0.29) is 12.1 Å². The summed E-state index contributed by atoms with van der Waals surface area (Å²) in [5, 5.41) is 13.5. The third kappa shape index (κ3) is 4.32. The molecule has 0 spiro atoms. The molecule has 0 N–H and O–H groups in total. The highest BCUT2D eigenvalue weighted by Crippen LogP contribution is 2.29. The van der Waals surface area contributed by atoms with Crippen molar-refractivity contribution in [3.05, 3.63) is 40.7 Å². The molecule has 27 heavy (non-hydrogen) atoms. The minimum Gasteiger partial charge on any atom is -0.376 e. The van der Waals surface area contributed by atoms with Gasteiger partial charge in [0.05, 0.1) is 18.7 Å². The van der Waals surface area contributed by atoms with E-state index in [2.05, 4.69) is 44.4 Å². The van der Waals surface area contributed by atoms with Gasteiger partial charge in [-0.25, -0.2) is 4.68 Å². The van der Waals surface area contributed by atoms with Gasteiger partial charge < -0.3 is 9.64 Å². The van der Waals surface area contributed by atoms with Crippen molar-refractivity contribution in [2.75, 3.05) is 39.3 Å². The molecule has 0 saturated carbocycles. The molecule has 146 valence electrons. The predicted octanol–water partition coefficient (Wildman–Crippen LogP) is 2.23. The summed E-state index contributed by atoms with van der Waals surface area (Å²) < 4.78 is 7.73. The van der Waals surface area contributed by atoms with Crippen LogP contribution in [-0.4, -0.2) is 75.4 Å². The van der Waals surface area contributed by atoms with E-state index >= 15 is 0 Å². The number of nitrogens with zero attached hydrogens (tertiary/aromatic N) is 6. The molecule has 8 heteroatoms. The van der Waals surface area contributed by atoms with E-state index in [0.717, 1.165) is 63.0 Å². The second-order valence-electron chi connectivity index (χ2n) is 7.28. The van der Waals surface area contributed by atoms with Gasteiger partial charge in [0.15, 0.2) is 5.82 Å². The van der Waals surface area contributed by atoms with Crippen molar-refractivity contribution in [1.82, 2.24) is 30.0 Å². The van der Waals surface area contributed by atoms with Gasteiger partial charge in [0.25, 0.3) is 0 Å². The molecular formula is C19H27ClN6O. The van der Waals surface area contributed by atoms with Crippen LogP contribution >= 0.6 is 11.6 Å². The van der Waals surface area contributed by atoms with E-state index in [1.54, 1.807) is 0 Å². The Balaban J connectivity index is 1.62. The lowest BCUT2D eigenvalue weighted by atomic mass is 10.0. The Hall–Kier alpha value is -1.54. The number of piperazine rings is 1. The number of benzene rings is 1. The molecule has 0 amide bonds. The Morgan fingerprint density at radius 2 is 1.96 bits per heavy atom. The van der Waals surface area contributed by atoms with E-state index in [0.29, 0.717) is 6.54 Å². The first kappa shape index (κ1) is 18.8. The van der Waals surface area contributed by atoms with Crippen molar-refractivity contribution in [2.45, 2.75) is 38.5 Å². The van der Waals surface area contributed by atoms with Gasteiger partial charge in [-0.2, -0.15) is 0 Å². The van der Waals surface area contributed by atoms with Crippen molar-refractivity contribution in [2.24, 2.45) is 0 Å². The number of halogens is 1. The molecule has 0 unspecified atom stereocenters. The minimum absolute atomic E-state index is 0.0256. The Labute approximate surface area is 165 Å². The van der Waals surface area contributed by atoms with Crippen molar-refractivity contribution in [3.8, 4) is 0 Å². The summed E-state index contributed by atoms with van der Waals surface area (Å²) in [5.74, 6) is 0.887. The molecule has 1 aromatic carbocycles. The standard InChI is InChI=1S/C19H27ClN6O/c1-2-24-9-11-25(12-10-24)18(15-5-7-16(20)8-6-15)19-21-22-23-26(19)14-17-4-3-13-27-17/h5-8,17-18H,2-4,9-14H2,1H3/t17-,18+/m1/s1. The number of hydrogen-bond donors (Lipinski definition) is 0. The first-order valence-electron chi connectivity index (χ1n) is 9.84. The second-order valence-corrected chi connectivity index (χ2v) is 7.71. The van der Waals surface area contributed by atoms with Crippen LogP contribution in [0.1, 0.15) is 37.2 Å². The first-order valence-corrected chi connectivity index (χ1v) is 10.2. The smallest absolute Gasteiger partial charge is 0.173 e.